The highest BCUT2D eigenvalue weighted by molar-refractivity contribution is 5.11. The third-order valence-corrected chi connectivity index (χ3v) is 3.98. The van der Waals surface area contributed by atoms with Crippen LogP contribution < -0.4 is 5.73 Å². The molecular weight excluding hydrogens is 224 g/mol. The van der Waals surface area contributed by atoms with Gasteiger partial charge in [0.15, 0.2) is 0 Å². The van der Waals surface area contributed by atoms with Gasteiger partial charge in [0.2, 0.25) is 0 Å². The lowest BCUT2D eigenvalue weighted by Crippen LogP contribution is -2.29. The van der Waals surface area contributed by atoms with Crippen LogP contribution in [-0.4, -0.2) is 41.5 Å². The molecule has 0 bridgehead atoms. The molecule has 2 rings (SSSR count). The van der Waals surface area contributed by atoms with Crippen molar-refractivity contribution in [2.45, 2.75) is 38.0 Å². The van der Waals surface area contributed by atoms with Gasteiger partial charge in [-0.3, -0.25) is 0 Å². The molecule has 0 aromatic carbocycles. The topological polar surface area (TPSA) is 55.0 Å². The first kappa shape index (κ1) is 13.4. The standard InChI is InChI=1S/C14H24N4/c1-3-11(10-15)14-16-7-4-13(17-14)12-5-8-18(2)9-6-12/h4,7,11-12H,3,5-6,8-10,15H2,1-2H3. The van der Waals surface area contributed by atoms with Crippen molar-refractivity contribution in [2.75, 3.05) is 26.7 Å². The Bertz CT molecular complexity index is 368. The maximum Gasteiger partial charge on any atom is 0.132 e. The lowest BCUT2D eigenvalue weighted by molar-refractivity contribution is 0.253. The van der Waals surface area contributed by atoms with Crippen LogP contribution in [0.5, 0.6) is 0 Å². The minimum Gasteiger partial charge on any atom is -0.330 e. The molecule has 0 aliphatic carbocycles. The summed E-state index contributed by atoms with van der Waals surface area (Å²) in [6, 6.07) is 2.07. The fourth-order valence-electron chi connectivity index (χ4n) is 2.57. The molecule has 100 valence electrons. The van der Waals surface area contributed by atoms with Crippen molar-refractivity contribution in [1.82, 2.24) is 14.9 Å². The molecule has 0 spiro atoms. The van der Waals surface area contributed by atoms with Gasteiger partial charge >= 0.3 is 0 Å². The Morgan fingerprint density at radius 2 is 2.17 bits per heavy atom. The van der Waals surface area contributed by atoms with E-state index in [0.717, 1.165) is 25.3 Å². The van der Waals surface area contributed by atoms with E-state index in [2.05, 4.69) is 29.9 Å². The van der Waals surface area contributed by atoms with E-state index < -0.39 is 0 Å². The normalized spacial score (nSPS) is 19.9. The second-order valence-corrected chi connectivity index (χ2v) is 5.26. The summed E-state index contributed by atoms with van der Waals surface area (Å²) in [4.78, 5) is 11.5. The monoisotopic (exact) mass is 248 g/mol. The SMILES string of the molecule is CCC(CN)c1nccc(C2CCN(C)CC2)n1. The lowest BCUT2D eigenvalue weighted by atomic mass is 9.93. The molecule has 1 aromatic rings. The van der Waals surface area contributed by atoms with Crippen LogP contribution in [0.1, 0.15) is 49.5 Å². The van der Waals surface area contributed by atoms with Gasteiger partial charge in [-0.15, -0.1) is 0 Å². The minimum absolute atomic E-state index is 0.302. The lowest BCUT2D eigenvalue weighted by Gasteiger charge is -2.28. The van der Waals surface area contributed by atoms with Crippen molar-refractivity contribution < 1.29 is 0 Å². The summed E-state index contributed by atoms with van der Waals surface area (Å²) in [7, 11) is 2.18. The second-order valence-electron chi connectivity index (χ2n) is 5.26. The Labute approximate surface area is 110 Å². The maximum absolute atomic E-state index is 5.78. The first-order valence-corrected chi connectivity index (χ1v) is 6.96. The van der Waals surface area contributed by atoms with E-state index in [0.29, 0.717) is 18.4 Å². The largest absolute Gasteiger partial charge is 0.330 e. The van der Waals surface area contributed by atoms with Gasteiger partial charge < -0.3 is 10.6 Å². The number of hydrogen-bond acceptors (Lipinski definition) is 4. The number of nitrogens with two attached hydrogens (primary N) is 1. The number of piperidine rings is 1. The molecule has 0 saturated carbocycles. The molecule has 18 heavy (non-hydrogen) atoms. The van der Waals surface area contributed by atoms with Crippen molar-refractivity contribution in [1.29, 1.82) is 0 Å². The molecule has 1 aromatic heterocycles. The molecule has 2 N–H and O–H groups in total. The summed E-state index contributed by atoms with van der Waals surface area (Å²) < 4.78 is 0. The van der Waals surface area contributed by atoms with Gasteiger partial charge in [-0.2, -0.15) is 0 Å². The van der Waals surface area contributed by atoms with Gasteiger partial charge in [-0.05, 0) is 45.5 Å². The van der Waals surface area contributed by atoms with E-state index in [4.69, 9.17) is 10.7 Å². The van der Waals surface area contributed by atoms with Crippen molar-refractivity contribution >= 4 is 0 Å². The van der Waals surface area contributed by atoms with Crippen LogP contribution in [-0.2, 0) is 0 Å². The number of rotatable bonds is 4. The third kappa shape index (κ3) is 3.06. The van der Waals surface area contributed by atoms with Gasteiger partial charge in [0.05, 0.1) is 0 Å². The Hall–Kier alpha value is -1.00. The van der Waals surface area contributed by atoms with E-state index in [1.165, 1.54) is 18.5 Å². The smallest absolute Gasteiger partial charge is 0.132 e. The first-order valence-electron chi connectivity index (χ1n) is 6.96. The third-order valence-electron chi connectivity index (χ3n) is 3.98. The van der Waals surface area contributed by atoms with Crippen LogP contribution in [0.2, 0.25) is 0 Å². The maximum atomic E-state index is 5.78. The van der Waals surface area contributed by atoms with E-state index >= 15 is 0 Å². The Balaban J connectivity index is 2.11. The molecular formula is C14H24N4. The van der Waals surface area contributed by atoms with E-state index in [1.54, 1.807) is 0 Å². The summed E-state index contributed by atoms with van der Waals surface area (Å²) in [5.74, 6) is 1.82. The highest BCUT2D eigenvalue weighted by Gasteiger charge is 2.20. The van der Waals surface area contributed by atoms with Gasteiger partial charge in [0, 0.05) is 30.3 Å². The average molecular weight is 248 g/mol. The van der Waals surface area contributed by atoms with Gasteiger partial charge in [-0.1, -0.05) is 6.92 Å². The molecule has 1 aliphatic rings. The summed E-state index contributed by atoms with van der Waals surface area (Å²) in [6.07, 6.45) is 5.31. The van der Waals surface area contributed by atoms with Crippen LogP contribution in [0.3, 0.4) is 0 Å². The number of aromatic nitrogens is 2. The minimum atomic E-state index is 0.302. The van der Waals surface area contributed by atoms with Crippen LogP contribution in [0.25, 0.3) is 0 Å². The zero-order valence-corrected chi connectivity index (χ0v) is 11.5. The van der Waals surface area contributed by atoms with E-state index in [-0.39, 0.29) is 0 Å². The number of likely N-dealkylation sites (tertiary alicyclic amines) is 1. The molecule has 0 amide bonds. The Morgan fingerprint density at radius 1 is 1.44 bits per heavy atom. The van der Waals surface area contributed by atoms with Gasteiger partial charge in [0.1, 0.15) is 5.82 Å². The predicted octanol–water partition coefficient (Wildman–Crippen LogP) is 1.74. The highest BCUT2D eigenvalue weighted by atomic mass is 15.1. The first-order chi connectivity index (χ1) is 8.74. The fourth-order valence-corrected chi connectivity index (χ4v) is 2.57. The van der Waals surface area contributed by atoms with Crippen LogP contribution in [0.4, 0.5) is 0 Å². The summed E-state index contributed by atoms with van der Waals surface area (Å²) in [5, 5.41) is 0. The summed E-state index contributed by atoms with van der Waals surface area (Å²) in [5.41, 5.74) is 6.98. The van der Waals surface area contributed by atoms with Crippen molar-refractivity contribution in [3.8, 4) is 0 Å². The van der Waals surface area contributed by atoms with E-state index in [9.17, 15) is 0 Å². The summed E-state index contributed by atoms with van der Waals surface area (Å²) in [6.45, 7) is 5.10. The molecule has 4 nitrogen and oxygen atoms in total. The molecule has 2 heterocycles. The van der Waals surface area contributed by atoms with Crippen LogP contribution in [0, 0.1) is 0 Å². The summed E-state index contributed by atoms with van der Waals surface area (Å²) >= 11 is 0. The fraction of sp³-hybridized carbons (Fsp3) is 0.714. The molecule has 4 heteroatoms. The van der Waals surface area contributed by atoms with Crippen molar-refractivity contribution in [3.63, 3.8) is 0 Å². The molecule has 1 saturated heterocycles. The zero-order valence-electron chi connectivity index (χ0n) is 11.5. The molecule has 1 aliphatic heterocycles. The van der Waals surface area contributed by atoms with Crippen molar-refractivity contribution in [2.24, 2.45) is 5.73 Å². The Kier molecular flexibility index (Phi) is 4.66. The Morgan fingerprint density at radius 3 is 2.78 bits per heavy atom. The van der Waals surface area contributed by atoms with Gasteiger partial charge in [-0.25, -0.2) is 9.97 Å². The number of nitrogens with zero attached hydrogens (tertiary/aromatic N) is 3. The molecule has 1 fully saturated rings. The van der Waals surface area contributed by atoms with Crippen LogP contribution in [0.15, 0.2) is 12.3 Å². The molecule has 0 radical (unpaired) electrons. The van der Waals surface area contributed by atoms with E-state index in [1.807, 2.05) is 6.20 Å². The van der Waals surface area contributed by atoms with Crippen molar-refractivity contribution in [3.05, 3.63) is 23.8 Å². The second kappa shape index (κ2) is 6.25. The predicted molar refractivity (Wildman–Crippen MR) is 73.6 cm³/mol. The highest BCUT2D eigenvalue weighted by Crippen LogP contribution is 2.26. The molecule has 1 atom stereocenters. The van der Waals surface area contributed by atoms with Crippen LogP contribution >= 0.6 is 0 Å². The zero-order chi connectivity index (χ0) is 13.0. The quantitative estimate of drug-likeness (QED) is 0.882. The van der Waals surface area contributed by atoms with Gasteiger partial charge in [0.25, 0.3) is 0 Å². The molecule has 1 unspecified atom stereocenters. The average Bonchev–Trinajstić information content (AvgIpc) is 2.41. The number of hydrogen-bond donors (Lipinski definition) is 1.